The summed E-state index contributed by atoms with van der Waals surface area (Å²) in [6.45, 7) is 0.275. The largest absolute Gasteiger partial charge is 0.573 e. The Balaban J connectivity index is 1.48. The summed E-state index contributed by atoms with van der Waals surface area (Å²) in [6, 6.07) is 11.1. The Morgan fingerprint density at radius 2 is 1.75 bits per heavy atom. The molecule has 0 aromatic heterocycles. The number of hydrogen-bond acceptors (Lipinski definition) is 5. The van der Waals surface area contributed by atoms with Crippen LogP contribution in [-0.2, 0) is 26.0 Å². The normalized spacial score (nSPS) is 16.1. The molecular weight excluding hydrogens is 471 g/mol. The predicted octanol–water partition coefficient (Wildman–Crippen LogP) is 4.22. The molecule has 0 N–H and O–H groups in total. The highest BCUT2D eigenvalue weighted by Crippen LogP contribution is 2.26. The highest BCUT2D eigenvalue weighted by atomic mass is 35.5. The van der Waals surface area contributed by atoms with Crippen molar-refractivity contribution in [3.63, 3.8) is 0 Å². The van der Waals surface area contributed by atoms with E-state index >= 15 is 0 Å². The summed E-state index contributed by atoms with van der Waals surface area (Å²) >= 11 is 5.91. The average Bonchev–Trinajstić information content (AvgIpc) is 2.72. The lowest BCUT2D eigenvalue weighted by atomic mass is 10.1. The maximum Gasteiger partial charge on any atom is 0.573 e. The maximum absolute atomic E-state index is 12.7. The molecule has 0 aliphatic carbocycles. The molecule has 1 saturated heterocycles. The van der Waals surface area contributed by atoms with Crippen LogP contribution in [0.25, 0.3) is 0 Å². The fourth-order valence-corrected chi connectivity index (χ4v) is 5.02. The predicted molar refractivity (Wildman–Crippen MR) is 111 cm³/mol. The number of nitrogens with zero attached hydrogens (tertiary/aromatic N) is 1. The van der Waals surface area contributed by atoms with E-state index in [4.69, 9.17) is 16.3 Å². The number of carbonyl (C=O) groups excluding carboxylic acids is 1. The molecule has 2 aromatic rings. The van der Waals surface area contributed by atoms with Gasteiger partial charge in [-0.15, -0.1) is 13.2 Å². The van der Waals surface area contributed by atoms with Crippen LogP contribution < -0.4 is 4.74 Å². The number of alkyl halides is 3. The van der Waals surface area contributed by atoms with Crippen molar-refractivity contribution in [2.75, 3.05) is 19.7 Å². The van der Waals surface area contributed by atoms with Crippen molar-refractivity contribution in [1.29, 1.82) is 0 Å². The lowest BCUT2D eigenvalue weighted by Gasteiger charge is -2.31. The lowest BCUT2D eigenvalue weighted by molar-refractivity contribution is -0.274. The summed E-state index contributed by atoms with van der Waals surface area (Å²) in [5.74, 6) is -0.602. The van der Waals surface area contributed by atoms with E-state index in [9.17, 15) is 26.4 Å². The minimum atomic E-state index is -4.85. The summed E-state index contributed by atoms with van der Waals surface area (Å²) in [5.41, 5.74) is 0.790. The van der Waals surface area contributed by atoms with E-state index in [0.29, 0.717) is 17.9 Å². The molecule has 3 rings (SSSR count). The summed E-state index contributed by atoms with van der Waals surface area (Å²) in [6.07, 6.45) is -4.11. The first-order chi connectivity index (χ1) is 15.0. The van der Waals surface area contributed by atoms with Gasteiger partial charge in [-0.25, -0.2) is 8.42 Å². The third kappa shape index (κ3) is 6.93. The quantitative estimate of drug-likeness (QED) is 0.553. The van der Waals surface area contributed by atoms with Crippen molar-refractivity contribution < 1.29 is 35.9 Å². The minimum Gasteiger partial charge on any atom is -0.406 e. The Hall–Kier alpha value is -2.14. The zero-order valence-electron chi connectivity index (χ0n) is 16.8. The van der Waals surface area contributed by atoms with Crippen LogP contribution in [0.5, 0.6) is 5.75 Å². The molecule has 1 fully saturated rings. The van der Waals surface area contributed by atoms with Crippen molar-refractivity contribution in [2.24, 2.45) is 0 Å². The summed E-state index contributed by atoms with van der Waals surface area (Å²) in [4.78, 5) is 12.0. The number of rotatable bonds is 8. The van der Waals surface area contributed by atoms with E-state index in [-0.39, 0.29) is 42.9 Å². The van der Waals surface area contributed by atoms with Gasteiger partial charge in [-0.1, -0.05) is 23.7 Å². The van der Waals surface area contributed by atoms with Crippen LogP contribution in [0.4, 0.5) is 13.2 Å². The van der Waals surface area contributed by atoms with Gasteiger partial charge in [0.2, 0.25) is 10.0 Å². The van der Waals surface area contributed by atoms with E-state index in [2.05, 4.69) is 4.74 Å². The smallest absolute Gasteiger partial charge is 0.406 e. The molecule has 2 aromatic carbocycles. The second-order valence-electron chi connectivity index (χ2n) is 7.28. The van der Waals surface area contributed by atoms with Crippen molar-refractivity contribution in [3.05, 3.63) is 59.1 Å². The molecule has 1 aliphatic rings. The van der Waals surface area contributed by atoms with Crippen LogP contribution >= 0.6 is 11.6 Å². The fraction of sp³-hybridized carbons (Fsp3) is 0.381. The van der Waals surface area contributed by atoms with Crippen LogP contribution in [0.15, 0.2) is 53.4 Å². The number of hydrogen-bond donors (Lipinski definition) is 0. The maximum atomic E-state index is 12.7. The molecule has 174 valence electrons. The number of benzene rings is 2. The van der Waals surface area contributed by atoms with E-state index in [1.54, 1.807) is 24.3 Å². The molecule has 0 radical (unpaired) electrons. The van der Waals surface area contributed by atoms with Gasteiger partial charge in [-0.2, -0.15) is 4.31 Å². The SMILES string of the molecule is O=C(COC1CCN(S(=O)(=O)c2ccc(OC(F)(F)F)cc2)CC1)Cc1cccc(Cl)c1. The molecule has 0 spiro atoms. The fourth-order valence-electron chi connectivity index (χ4n) is 3.34. The second-order valence-corrected chi connectivity index (χ2v) is 9.65. The summed E-state index contributed by atoms with van der Waals surface area (Å²) in [7, 11) is -3.86. The molecule has 0 bridgehead atoms. The molecule has 6 nitrogen and oxygen atoms in total. The number of Topliss-reactive ketones (excluding diaryl/α,β-unsaturated/α-hetero) is 1. The van der Waals surface area contributed by atoms with Gasteiger partial charge in [0, 0.05) is 24.5 Å². The zero-order valence-corrected chi connectivity index (χ0v) is 18.4. The first kappa shape index (κ1) is 24.5. The first-order valence-corrected chi connectivity index (χ1v) is 11.6. The molecule has 0 atom stereocenters. The van der Waals surface area contributed by atoms with Crippen LogP contribution in [0.3, 0.4) is 0 Å². The van der Waals surface area contributed by atoms with Gasteiger partial charge in [-0.3, -0.25) is 4.79 Å². The molecule has 1 aliphatic heterocycles. The molecule has 0 saturated carbocycles. The van der Waals surface area contributed by atoms with Crippen molar-refractivity contribution in [2.45, 2.75) is 36.6 Å². The summed E-state index contributed by atoms with van der Waals surface area (Å²) in [5, 5.41) is 0.548. The molecular formula is C21H21ClF3NO5S. The zero-order chi connectivity index (χ0) is 23.4. The highest BCUT2D eigenvalue weighted by Gasteiger charge is 2.32. The first-order valence-electron chi connectivity index (χ1n) is 9.77. The van der Waals surface area contributed by atoms with Gasteiger partial charge in [-0.05, 0) is 54.8 Å². The molecule has 0 amide bonds. The Bertz CT molecular complexity index is 1040. The number of ether oxygens (including phenoxy) is 2. The van der Waals surface area contributed by atoms with Gasteiger partial charge in [0.25, 0.3) is 0 Å². The average molecular weight is 492 g/mol. The van der Waals surface area contributed by atoms with E-state index < -0.39 is 22.1 Å². The standard InChI is InChI=1S/C21H21ClF3NO5S/c22-16-3-1-2-15(12-16)13-17(27)14-30-18-8-10-26(11-9-18)32(28,29)20-6-4-19(5-7-20)31-21(23,24)25/h1-7,12,18H,8-11,13-14H2. The number of carbonyl (C=O) groups is 1. The van der Waals surface area contributed by atoms with Crippen molar-refractivity contribution in [3.8, 4) is 5.75 Å². The van der Waals surface area contributed by atoms with E-state index in [0.717, 1.165) is 29.8 Å². The summed E-state index contributed by atoms with van der Waals surface area (Å²) < 4.78 is 72.9. The van der Waals surface area contributed by atoms with Gasteiger partial charge in [0.05, 0.1) is 11.0 Å². The Morgan fingerprint density at radius 3 is 2.34 bits per heavy atom. The van der Waals surface area contributed by atoms with E-state index in [1.165, 1.54) is 4.31 Å². The third-order valence-electron chi connectivity index (χ3n) is 4.87. The Labute approximate surface area is 188 Å². The Morgan fingerprint density at radius 1 is 1.09 bits per heavy atom. The topological polar surface area (TPSA) is 72.9 Å². The Kier molecular flexibility index (Phi) is 7.81. The van der Waals surface area contributed by atoms with Crippen LogP contribution in [-0.4, -0.2) is 50.7 Å². The molecule has 0 unspecified atom stereocenters. The number of sulfonamides is 1. The molecule has 32 heavy (non-hydrogen) atoms. The van der Waals surface area contributed by atoms with Gasteiger partial charge in [0.1, 0.15) is 12.4 Å². The lowest BCUT2D eigenvalue weighted by Crippen LogP contribution is -2.41. The number of ketones is 1. The third-order valence-corrected chi connectivity index (χ3v) is 7.01. The number of piperidine rings is 1. The monoisotopic (exact) mass is 491 g/mol. The van der Waals surface area contributed by atoms with Gasteiger partial charge >= 0.3 is 6.36 Å². The van der Waals surface area contributed by atoms with E-state index in [1.807, 2.05) is 0 Å². The van der Waals surface area contributed by atoms with Crippen LogP contribution in [0.2, 0.25) is 5.02 Å². The van der Waals surface area contributed by atoms with Crippen molar-refractivity contribution in [1.82, 2.24) is 4.31 Å². The number of halogens is 4. The highest BCUT2D eigenvalue weighted by molar-refractivity contribution is 7.89. The minimum absolute atomic E-state index is 0.0788. The molecule has 11 heteroatoms. The van der Waals surface area contributed by atoms with Gasteiger partial charge in [0.15, 0.2) is 5.78 Å². The second kappa shape index (κ2) is 10.2. The van der Waals surface area contributed by atoms with Crippen LogP contribution in [0, 0.1) is 0 Å². The molecule has 1 heterocycles. The van der Waals surface area contributed by atoms with Crippen LogP contribution in [0.1, 0.15) is 18.4 Å². The van der Waals surface area contributed by atoms with Crippen molar-refractivity contribution >= 4 is 27.4 Å². The van der Waals surface area contributed by atoms with Gasteiger partial charge < -0.3 is 9.47 Å².